The summed E-state index contributed by atoms with van der Waals surface area (Å²) in [5.74, 6) is 0.352. The Hall–Kier alpha value is -2.32. The van der Waals surface area contributed by atoms with Crippen molar-refractivity contribution in [2.24, 2.45) is 7.05 Å². The van der Waals surface area contributed by atoms with E-state index in [1.54, 1.807) is 4.90 Å². The molecule has 1 aromatic heterocycles. The van der Waals surface area contributed by atoms with E-state index in [2.05, 4.69) is 4.98 Å². The number of sulfone groups is 1. The van der Waals surface area contributed by atoms with E-state index in [0.29, 0.717) is 13.0 Å². The summed E-state index contributed by atoms with van der Waals surface area (Å²) in [5.41, 5.74) is 2.91. The smallest absolute Gasteiger partial charge is 0.233 e. The van der Waals surface area contributed by atoms with Crippen LogP contribution < -0.4 is 0 Å². The molecular formula is C21H23N3O3S2. The molecule has 3 aromatic rings. The minimum atomic E-state index is -3.07. The molecule has 1 fully saturated rings. The second kappa shape index (κ2) is 8.20. The molecule has 0 bridgehead atoms. The van der Waals surface area contributed by atoms with Crippen LogP contribution in [0.1, 0.15) is 12.0 Å². The zero-order valence-corrected chi connectivity index (χ0v) is 17.8. The van der Waals surface area contributed by atoms with Crippen LogP contribution in [-0.4, -0.2) is 52.1 Å². The summed E-state index contributed by atoms with van der Waals surface area (Å²) in [6.45, 7) is 0.420. The predicted molar refractivity (Wildman–Crippen MR) is 115 cm³/mol. The van der Waals surface area contributed by atoms with E-state index in [1.807, 2.05) is 66.2 Å². The van der Waals surface area contributed by atoms with Crippen LogP contribution in [0.4, 0.5) is 0 Å². The molecule has 1 amide bonds. The molecule has 29 heavy (non-hydrogen) atoms. The first kappa shape index (κ1) is 20.0. The fourth-order valence-corrected chi connectivity index (χ4v) is 6.29. The highest BCUT2D eigenvalue weighted by molar-refractivity contribution is 7.99. The SMILES string of the molecule is Cn1c(SCC(=O)N(Cc2ccccc2)[C@H]2CCS(=O)(=O)C2)nc2ccccc21. The van der Waals surface area contributed by atoms with Crippen LogP contribution in [0.2, 0.25) is 0 Å². The topological polar surface area (TPSA) is 72.3 Å². The molecule has 1 saturated heterocycles. The Bertz CT molecular complexity index is 1130. The zero-order chi connectivity index (χ0) is 20.4. The highest BCUT2D eigenvalue weighted by Gasteiger charge is 2.34. The van der Waals surface area contributed by atoms with Crippen LogP contribution in [0.25, 0.3) is 11.0 Å². The minimum absolute atomic E-state index is 0.0442. The van der Waals surface area contributed by atoms with Crippen LogP contribution in [0.5, 0.6) is 0 Å². The van der Waals surface area contributed by atoms with Crippen LogP contribution in [0.15, 0.2) is 59.8 Å². The van der Waals surface area contributed by atoms with E-state index < -0.39 is 9.84 Å². The Balaban J connectivity index is 1.51. The van der Waals surface area contributed by atoms with E-state index in [9.17, 15) is 13.2 Å². The lowest BCUT2D eigenvalue weighted by molar-refractivity contribution is -0.130. The fourth-order valence-electron chi connectivity index (χ4n) is 3.68. The van der Waals surface area contributed by atoms with Gasteiger partial charge in [-0.05, 0) is 24.1 Å². The van der Waals surface area contributed by atoms with Crippen molar-refractivity contribution in [2.75, 3.05) is 17.3 Å². The number of nitrogens with zero attached hydrogens (tertiary/aromatic N) is 3. The summed E-state index contributed by atoms with van der Waals surface area (Å²) >= 11 is 1.39. The number of rotatable bonds is 6. The van der Waals surface area contributed by atoms with Gasteiger partial charge in [0.25, 0.3) is 0 Å². The van der Waals surface area contributed by atoms with Gasteiger partial charge in [0.05, 0.1) is 28.3 Å². The molecule has 0 N–H and O–H groups in total. The third-order valence-corrected chi connectivity index (χ3v) is 8.00. The van der Waals surface area contributed by atoms with Crippen molar-refractivity contribution in [3.05, 3.63) is 60.2 Å². The molecule has 0 unspecified atom stereocenters. The van der Waals surface area contributed by atoms with E-state index in [0.717, 1.165) is 21.8 Å². The number of para-hydroxylation sites is 2. The fraction of sp³-hybridized carbons (Fsp3) is 0.333. The molecule has 0 saturated carbocycles. The second-order valence-electron chi connectivity index (χ2n) is 7.29. The summed E-state index contributed by atoms with van der Waals surface area (Å²) in [7, 11) is -1.14. The van der Waals surface area contributed by atoms with Gasteiger partial charge in [-0.2, -0.15) is 0 Å². The van der Waals surface area contributed by atoms with Gasteiger partial charge in [-0.25, -0.2) is 13.4 Å². The molecule has 1 atom stereocenters. The van der Waals surface area contributed by atoms with Gasteiger partial charge < -0.3 is 9.47 Å². The van der Waals surface area contributed by atoms with E-state index in [4.69, 9.17) is 0 Å². The average Bonchev–Trinajstić information content (AvgIpc) is 3.24. The summed E-state index contributed by atoms with van der Waals surface area (Å²) in [5, 5.41) is 0.776. The minimum Gasteiger partial charge on any atom is -0.334 e. The average molecular weight is 430 g/mol. The molecule has 4 rings (SSSR count). The number of aromatic nitrogens is 2. The van der Waals surface area contributed by atoms with E-state index in [1.165, 1.54) is 11.8 Å². The number of hydrogen-bond acceptors (Lipinski definition) is 5. The molecule has 8 heteroatoms. The number of thioether (sulfide) groups is 1. The quantitative estimate of drug-likeness (QED) is 0.564. The molecule has 2 heterocycles. The van der Waals surface area contributed by atoms with Gasteiger partial charge in [-0.15, -0.1) is 0 Å². The van der Waals surface area contributed by atoms with Gasteiger partial charge in [-0.1, -0.05) is 54.2 Å². The number of aryl methyl sites for hydroxylation is 1. The Kier molecular flexibility index (Phi) is 5.65. The van der Waals surface area contributed by atoms with Crippen LogP contribution >= 0.6 is 11.8 Å². The molecule has 1 aliphatic heterocycles. The number of amides is 1. The van der Waals surface area contributed by atoms with Crippen molar-refractivity contribution < 1.29 is 13.2 Å². The van der Waals surface area contributed by atoms with Gasteiger partial charge in [0.2, 0.25) is 5.91 Å². The van der Waals surface area contributed by atoms with E-state index in [-0.39, 0.29) is 29.2 Å². The number of imidazole rings is 1. The predicted octanol–water partition coefficient (Wildman–Crippen LogP) is 2.88. The maximum atomic E-state index is 13.1. The zero-order valence-electron chi connectivity index (χ0n) is 16.2. The Morgan fingerprint density at radius 2 is 1.90 bits per heavy atom. The van der Waals surface area contributed by atoms with Crippen LogP contribution in [0.3, 0.4) is 0 Å². The lowest BCUT2D eigenvalue weighted by Gasteiger charge is -2.28. The maximum Gasteiger partial charge on any atom is 0.233 e. The maximum absolute atomic E-state index is 13.1. The third kappa shape index (κ3) is 4.48. The van der Waals surface area contributed by atoms with Crippen LogP contribution in [-0.2, 0) is 28.2 Å². The third-order valence-electron chi connectivity index (χ3n) is 5.24. The van der Waals surface area contributed by atoms with Crippen molar-refractivity contribution >= 4 is 38.5 Å². The van der Waals surface area contributed by atoms with Crippen molar-refractivity contribution in [3.63, 3.8) is 0 Å². The molecule has 1 aliphatic rings. The first-order valence-electron chi connectivity index (χ1n) is 9.51. The molecule has 2 aromatic carbocycles. The van der Waals surface area contributed by atoms with Gasteiger partial charge in [0.1, 0.15) is 0 Å². The summed E-state index contributed by atoms with van der Waals surface area (Å²) in [6.07, 6.45) is 0.498. The molecular weight excluding hydrogens is 406 g/mol. The standard InChI is InChI=1S/C21H23N3O3S2/c1-23-19-10-6-5-9-18(19)22-21(23)28-14-20(25)24(13-16-7-3-2-4-8-16)17-11-12-29(26,27)15-17/h2-10,17H,11-15H2,1H3/t17-/m0/s1. The molecule has 0 spiro atoms. The van der Waals surface area contributed by atoms with Gasteiger partial charge >= 0.3 is 0 Å². The Morgan fingerprint density at radius 1 is 1.17 bits per heavy atom. The summed E-state index contributed by atoms with van der Waals surface area (Å²) < 4.78 is 26.0. The van der Waals surface area contributed by atoms with Gasteiger partial charge in [0, 0.05) is 19.6 Å². The number of carbonyl (C=O) groups excluding carboxylic acids is 1. The summed E-state index contributed by atoms with van der Waals surface area (Å²) in [6, 6.07) is 17.3. The van der Waals surface area contributed by atoms with Crippen molar-refractivity contribution in [1.82, 2.24) is 14.5 Å². The first-order valence-corrected chi connectivity index (χ1v) is 12.3. The molecule has 152 valence electrons. The van der Waals surface area contributed by atoms with Gasteiger partial charge in [0.15, 0.2) is 15.0 Å². The molecule has 6 nitrogen and oxygen atoms in total. The molecule has 0 radical (unpaired) electrons. The monoisotopic (exact) mass is 429 g/mol. The van der Waals surface area contributed by atoms with E-state index >= 15 is 0 Å². The number of hydrogen-bond donors (Lipinski definition) is 0. The lowest BCUT2D eigenvalue weighted by Crippen LogP contribution is -2.41. The molecule has 0 aliphatic carbocycles. The van der Waals surface area contributed by atoms with Gasteiger partial charge in [-0.3, -0.25) is 4.79 Å². The van der Waals surface area contributed by atoms with Crippen molar-refractivity contribution in [3.8, 4) is 0 Å². The normalized spacial score (nSPS) is 18.2. The Morgan fingerprint density at radius 3 is 2.59 bits per heavy atom. The van der Waals surface area contributed by atoms with Crippen LogP contribution in [0, 0.1) is 0 Å². The first-order chi connectivity index (χ1) is 13.9. The number of carbonyl (C=O) groups is 1. The largest absolute Gasteiger partial charge is 0.334 e. The van der Waals surface area contributed by atoms with Crippen molar-refractivity contribution in [1.29, 1.82) is 0 Å². The highest BCUT2D eigenvalue weighted by atomic mass is 32.2. The lowest BCUT2D eigenvalue weighted by atomic mass is 10.1. The van der Waals surface area contributed by atoms with Crippen molar-refractivity contribution in [2.45, 2.75) is 24.2 Å². The Labute approximate surface area is 174 Å². The number of benzene rings is 2. The number of fused-ring (bicyclic) bond motifs is 1. The second-order valence-corrected chi connectivity index (χ2v) is 10.5. The highest BCUT2D eigenvalue weighted by Crippen LogP contribution is 2.25. The summed E-state index contributed by atoms with van der Waals surface area (Å²) in [4.78, 5) is 19.5.